The lowest BCUT2D eigenvalue weighted by molar-refractivity contribution is 0.135. The van der Waals surface area contributed by atoms with Crippen molar-refractivity contribution >= 4 is 0 Å². The van der Waals surface area contributed by atoms with Crippen LogP contribution in [0.15, 0.2) is 0 Å². The van der Waals surface area contributed by atoms with Gasteiger partial charge in [-0.1, -0.05) is 33.6 Å². The third-order valence-corrected chi connectivity index (χ3v) is 4.83. The van der Waals surface area contributed by atoms with Crippen molar-refractivity contribution in [2.24, 2.45) is 23.5 Å². The third-order valence-electron chi connectivity index (χ3n) is 4.83. The molecule has 0 aromatic heterocycles. The fourth-order valence-corrected chi connectivity index (χ4v) is 3.71. The maximum atomic E-state index is 6.44. The van der Waals surface area contributed by atoms with Gasteiger partial charge in [-0.15, -0.1) is 0 Å². The van der Waals surface area contributed by atoms with E-state index < -0.39 is 0 Å². The van der Waals surface area contributed by atoms with E-state index in [2.05, 4.69) is 44.7 Å². The van der Waals surface area contributed by atoms with Gasteiger partial charge in [0.15, 0.2) is 0 Å². The highest BCUT2D eigenvalue weighted by molar-refractivity contribution is 4.85. The van der Waals surface area contributed by atoms with Crippen molar-refractivity contribution in [2.75, 3.05) is 40.3 Å². The van der Waals surface area contributed by atoms with Gasteiger partial charge in [0, 0.05) is 32.2 Å². The summed E-state index contributed by atoms with van der Waals surface area (Å²) >= 11 is 0. The van der Waals surface area contributed by atoms with Crippen LogP contribution in [0.4, 0.5) is 0 Å². The molecule has 3 atom stereocenters. The van der Waals surface area contributed by atoms with Gasteiger partial charge in [-0.2, -0.15) is 0 Å². The molecule has 0 aromatic carbocycles. The molecule has 0 spiro atoms. The smallest absolute Gasteiger partial charge is 0.0109 e. The summed E-state index contributed by atoms with van der Waals surface area (Å²) in [6.45, 7) is 11.7. The fraction of sp³-hybridized carbons (Fsp3) is 1.00. The van der Waals surface area contributed by atoms with Gasteiger partial charge in [0.2, 0.25) is 0 Å². The summed E-state index contributed by atoms with van der Waals surface area (Å²) in [5.41, 5.74) is 6.44. The van der Waals surface area contributed by atoms with Crippen LogP contribution in [0, 0.1) is 17.8 Å². The molecule has 1 aliphatic carbocycles. The standard InChI is InChI=1S/C18H39N3/c1-6-7-16-8-9-18(19)17(12-16)14-21(13-15(2)3)11-10-20(4)5/h15-18H,6-14,19H2,1-5H3. The van der Waals surface area contributed by atoms with E-state index in [1.54, 1.807) is 0 Å². The Balaban J connectivity index is 2.53. The molecule has 1 rings (SSSR count). The highest BCUT2D eigenvalue weighted by Crippen LogP contribution is 2.31. The Kier molecular flexibility index (Phi) is 8.84. The van der Waals surface area contributed by atoms with Gasteiger partial charge >= 0.3 is 0 Å². The van der Waals surface area contributed by atoms with Crippen LogP contribution in [-0.4, -0.2) is 56.1 Å². The molecule has 1 aliphatic rings. The molecule has 0 bridgehead atoms. The van der Waals surface area contributed by atoms with E-state index in [0.29, 0.717) is 12.0 Å². The third kappa shape index (κ3) is 7.62. The van der Waals surface area contributed by atoms with Crippen LogP contribution < -0.4 is 5.73 Å². The Morgan fingerprint density at radius 1 is 1.14 bits per heavy atom. The van der Waals surface area contributed by atoms with Crippen LogP contribution in [0.5, 0.6) is 0 Å². The first kappa shape index (κ1) is 18.9. The van der Waals surface area contributed by atoms with Crippen LogP contribution in [0.1, 0.15) is 52.9 Å². The summed E-state index contributed by atoms with van der Waals surface area (Å²) in [5, 5.41) is 0. The minimum absolute atomic E-state index is 0.423. The topological polar surface area (TPSA) is 32.5 Å². The largest absolute Gasteiger partial charge is 0.327 e. The van der Waals surface area contributed by atoms with E-state index in [1.807, 2.05) is 0 Å². The number of nitrogens with two attached hydrogens (primary N) is 1. The van der Waals surface area contributed by atoms with Gasteiger partial charge in [-0.3, -0.25) is 0 Å². The van der Waals surface area contributed by atoms with Gasteiger partial charge in [0.1, 0.15) is 0 Å². The predicted molar refractivity (Wildman–Crippen MR) is 93.5 cm³/mol. The molecule has 126 valence electrons. The molecule has 3 heteroatoms. The van der Waals surface area contributed by atoms with Crippen LogP contribution in [0.2, 0.25) is 0 Å². The minimum Gasteiger partial charge on any atom is -0.327 e. The lowest BCUT2D eigenvalue weighted by Gasteiger charge is -2.38. The van der Waals surface area contributed by atoms with Crippen molar-refractivity contribution in [2.45, 2.75) is 58.9 Å². The number of hydrogen-bond donors (Lipinski definition) is 1. The number of nitrogens with zero attached hydrogens (tertiary/aromatic N) is 2. The van der Waals surface area contributed by atoms with Crippen molar-refractivity contribution in [1.29, 1.82) is 0 Å². The van der Waals surface area contributed by atoms with Crippen molar-refractivity contribution in [3.63, 3.8) is 0 Å². The van der Waals surface area contributed by atoms with Gasteiger partial charge < -0.3 is 15.5 Å². The van der Waals surface area contributed by atoms with Gasteiger partial charge in [0.05, 0.1) is 0 Å². The summed E-state index contributed by atoms with van der Waals surface area (Å²) < 4.78 is 0. The zero-order chi connectivity index (χ0) is 15.8. The zero-order valence-electron chi connectivity index (χ0n) is 15.1. The lowest BCUT2D eigenvalue weighted by Crippen LogP contribution is -2.45. The van der Waals surface area contributed by atoms with Gasteiger partial charge in [-0.05, 0) is 51.1 Å². The van der Waals surface area contributed by atoms with E-state index in [-0.39, 0.29) is 0 Å². The second-order valence-electron chi connectivity index (χ2n) is 7.85. The van der Waals surface area contributed by atoms with E-state index in [0.717, 1.165) is 18.4 Å². The molecule has 1 saturated carbocycles. The van der Waals surface area contributed by atoms with Crippen molar-refractivity contribution in [3.05, 3.63) is 0 Å². The van der Waals surface area contributed by atoms with E-state index in [4.69, 9.17) is 5.73 Å². The second-order valence-corrected chi connectivity index (χ2v) is 7.85. The average molecular weight is 298 g/mol. The molecule has 0 amide bonds. The van der Waals surface area contributed by atoms with Crippen LogP contribution in [0.25, 0.3) is 0 Å². The molecule has 3 nitrogen and oxygen atoms in total. The second kappa shape index (κ2) is 9.81. The molecule has 3 unspecified atom stereocenters. The molecule has 1 fully saturated rings. The lowest BCUT2D eigenvalue weighted by atomic mass is 9.76. The Morgan fingerprint density at radius 3 is 2.43 bits per heavy atom. The van der Waals surface area contributed by atoms with Gasteiger partial charge in [-0.25, -0.2) is 0 Å². The monoisotopic (exact) mass is 297 g/mol. The Bertz CT molecular complexity index is 265. The molecule has 21 heavy (non-hydrogen) atoms. The summed E-state index contributed by atoms with van der Waals surface area (Å²) in [6, 6.07) is 0.423. The average Bonchev–Trinajstić information content (AvgIpc) is 2.39. The van der Waals surface area contributed by atoms with Crippen molar-refractivity contribution < 1.29 is 0 Å². The fourth-order valence-electron chi connectivity index (χ4n) is 3.71. The number of rotatable bonds is 9. The molecular weight excluding hydrogens is 258 g/mol. The van der Waals surface area contributed by atoms with E-state index >= 15 is 0 Å². The quantitative estimate of drug-likeness (QED) is 0.710. The maximum Gasteiger partial charge on any atom is 0.0109 e. The molecule has 0 saturated heterocycles. The Hall–Kier alpha value is -0.120. The Labute approximate surface area is 133 Å². The van der Waals surface area contributed by atoms with Crippen LogP contribution in [-0.2, 0) is 0 Å². The van der Waals surface area contributed by atoms with Crippen LogP contribution >= 0.6 is 0 Å². The molecule has 0 radical (unpaired) electrons. The van der Waals surface area contributed by atoms with E-state index in [1.165, 1.54) is 51.7 Å². The van der Waals surface area contributed by atoms with Crippen molar-refractivity contribution in [3.8, 4) is 0 Å². The highest BCUT2D eigenvalue weighted by Gasteiger charge is 2.29. The highest BCUT2D eigenvalue weighted by atomic mass is 15.2. The maximum absolute atomic E-state index is 6.44. The minimum atomic E-state index is 0.423. The van der Waals surface area contributed by atoms with Crippen molar-refractivity contribution in [1.82, 2.24) is 9.80 Å². The summed E-state index contributed by atoms with van der Waals surface area (Å²) in [6.07, 6.45) is 6.66. The molecule has 2 N–H and O–H groups in total. The first-order valence-electron chi connectivity index (χ1n) is 9.05. The number of likely N-dealkylation sites (N-methyl/N-ethyl adjacent to an activating group) is 1. The first-order valence-corrected chi connectivity index (χ1v) is 9.05. The summed E-state index contributed by atoms with van der Waals surface area (Å²) in [4.78, 5) is 4.94. The predicted octanol–water partition coefficient (Wildman–Crippen LogP) is 3.05. The van der Waals surface area contributed by atoms with E-state index in [9.17, 15) is 0 Å². The summed E-state index contributed by atoms with van der Waals surface area (Å²) in [7, 11) is 4.33. The zero-order valence-corrected chi connectivity index (χ0v) is 15.1. The summed E-state index contributed by atoms with van der Waals surface area (Å²) in [5.74, 6) is 2.36. The molecule has 0 aromatic rings. The molecule has 0 aliphatic heterocycles. The van der Waals surface area contributed by atoms with Gasteiger partial charge in [0.25, 0.3) is 0 Å². The molecule has 0 heterocycles. The molecular formula is C18H39N3. The number of hydrogen-bond acceptors (Lipinski definition) is 3. The normalized spacial score (nSPS) is 27.0. The Morgan fingerprint density at radius 2 is 1.86 bits per heavy atom. The van der Waals surface area contributed by atoms with Crippen LogP contribution in [0.3, 0.4) is 0 Å². The first-order chi connectivity index (χ1) is 9.92. The SMILES string of the molecule is CCCC1CCC(N)C(CN(CCN(C)C)CC(C)C)C1.